The van der Waals surface area contributed by atoms with Gasteiger partial charge in [-0.1, -0.05) is 129 Å². The number of benzene rings is 9. The lowest BCUT2D eigenvalue weighted by Crippen LogP contribution is -2.42. The number of para-hydroxylation sites is 1. The first-order chi connectivity index (χ1) is 24.5. The SMILES string of the molecule is CC(C)c1cccc(C(C)C)c1N1C(=O)c2cc(Cl)c3c4c(Cl)cc5c6cccc7cccc(c8cc(Cl)c(c9c(Cl)cc(c2c39)C1=O)c4c58)c76. The maximum Gasteiger partial charge on any atom is 0.266 e. The van der Waals surface area contributed by atoms with Crippen LogP contribution in [0.25, 0.3) is 75.4 Å². The van der Waals surface area contributed by atoms with Gasteiger partial charge in [-0.05, 0) is 84.9 Å². The molecule has 0 saturated heterocycles. The van der Waals surface area contributed by atoms with E-state index in [0.717, 1.165) is 54.2 Å². The van der Waals surface area contributed by atoms with E-state index in [4.69, 9.17) is 46.4 Å². The van der Waals surface area contributed by atoms with E-state index >= 15 is 0 Å². The molecular formula is C44H27Cl4NO2. The molecule has 7 heteroatoms. The predicted octanol–water partition coefficient (Wildman–Crippen LogP) is 14.3. The van der Waals surface area contributed by atoms with Crippen LogP contribution in [0.3, 0.4) is 0 Å². The Morgan fingerprint density at radius 1 is 0.451 bits per heavy atom. The summed E-state index contributed by atoms with van der Waals surface area (Å²) < 4.78 is 0. The van der Waals surface area contributed by atoms with Crippen molar-refractivity contribution < 1.29 is 9.59 Å². The van der Waals surface area contributed by atoms with Gasteiger partial charge in [0.2, 0.25) is 0 Å². The van der Waals surface area contributed by atoms with Crippen LogP contribution in [-0.4, -0.2) is 11.8 Å². The van der Waals surface area contributed by atoms with Crippen LogP contribution in [0.15, 0.2) is 78.9 Å². The van der Waals surface area contributed by atoms with Gasteiger partial charge in [0, 0.05) is 57.8 Å². The highest BCUT2D eigenvalue weighted by Crippen LogP contribution is 2.55. The Morgan fingerprint density at radius 3 is 1.31 bits per heavy atom. The molecule has 1 aliphatic heterocycles. The summed E-state index contributed by atoms with van der Waals surface area (Å²) in [5, 5.41) is 13.8. The van der Waals surface area contributed by atoms with Crippen molar-refractivity contribution >= 4 is 139 Å². The van der Waals surface area contributed by atoms with E-state index in [1.807, 2.05) is 30.3 Å². The van der Waals surface area contributed by atoms with Gasteiger partial charge < -0.3 is 0 Å². The number of fused-ring (bicyclic) bond motifs is 4. The summed E-state index contributed by atoms with van der Waals surface area (Å²) in [5.74, 6) is -0.737. The zero-order chi connectivity index (χ0) is 35.4. The van der Waals surface area contributed by atoms with Crippen LogP contribution >= 0.6 is 46.4 Å². The molecule has 0 N–H and O–H groups in total. The minimum absolute atomic E-state index is 0.0603. The van der Waals surface area contributed by atoms with E-state index in [9.17, 15) is 9.59 Å². The van der Waals surface area contributed by atoms with Crippen molar-refractivity contribution in [2.45, 2.75) is 39.5 Å². The highest BCUT2D eigenvalue weighted by Gasteiger charge is 2.39. The minimum Gasteiger partial charge on any atom is -0.268 e. The van der Waals surface area contributed by atoms with Crippen LogP contribution in [0.2, 0.25) is 20.1 Å². The van der Waals surface area contributed by atoms with E-state index in [0.29, 0.717) is 69.2 Å². The van der Waals surface area contributed by atoms with Crippen molar-refractivity contribution in [3.05, 3.63) is 121 Å². The van der Waals surface area contributed by atoms with E-state index in [-0.39, 0.29) is 11.8 Å². The molecule has 10 rings (SSSR count). The van der Waals surface area contributed by atoms with Gasteiger partial charge in [-0.3, -0.25) is 9.59 Å². The number of anilines is 1. The number of rotatable bonds is 3. The molecule has 9 aromatic rings. The van der Waals surface area contributed by atoms with Crippen molar-refractivity contribution in [2.24, 2.45) is 0 Å². The van der Waals surface area contributed by atoms with Gasteiger partial charge in [-0.25, -0.2) is 4.90 Å². The van der Waals surface area contributed by atoms with Gasteiger partial charge in [0.1, 0.15) is 0 Å². The Morgan fingerprint density at radius 2 is 0.863 bits per heavy atom. The lowest BCUT2D eigenvalue weighted by molar-refractivity contribution is 0.0893. The fourth-order valence-corrected chi connectivity index (χ4v) is 10.2. The zero-order valence-corrected chi connectivity index (χ0v) is 31.0. The van der Waals surface area contributed by atoms with Crippen LogP contribution in [0.4, 0.5) is 5.69 Å². The van der Waals surface area contributed by atoms with E-state index in [2.05, 4.69) is 64.1 Å². The highest BCUT2D eigenvalue weighted by molar-refractivity contribution is 6.57. The maximum atomic E-state index is 14.8. The smallest absolute Gasteiger partial charge is 0.266 e. The third-order valence-electron chi connectivity index (χ3n) is 11.0. The van der Waals surface area contributed by atoms with E-state index < -0.39 is 11.8 Å². The summed E-state index contributed by atoms with van der Waals surface area (Å²) in [6.07, 6.45) is 0. The maximum absolute atomic E-state index is 14.8. The first kappa shape index (κ1) is 31.4. The summed E-state index contributed by atoms with van der Waals surface area (Å²) in [6.45, 7) is 8.26. The molecule has 0 fully saturated rings. The van der Waals surface area contributed by atoms with Gasteiger partial charge in [0.05, 0.1) is 16.8 Å². The molecule has 0 unspecified atom stereocenters. The molecule has 9 aromatic carbocycles. The number of carbonyl (C=O) groups excluding carboxylic acids is 2. The minimum atomic E-state index is -0.429. The largest absolute Gasteiger partial charge is 0.268 e. The van der Waals surface area contributed by atoms with Crippen molar-refractivity contribution in [3.63, 3.8) is 0 Å². The fraction of sp³-hybridized carbons (Fsp3) is 0.136. The second-order valence-corrected chi connectivity index (χ2v) is 16.0. The van der Waals surface area contributed by atoms with E-state index in [1.54, 1.807) is 12.1 Å². The number of imide groups is 1. The Labute approximate surface area is 312 Å². The molecule has 1 aliphatic rings. The van der Waals surface area contributed by atoms with Crippen molar-refractivity contribution in [1.82, 2.24) is 0 Å². The van der Waals surface area contributed by atoms with Crippen LogP contribution in [0.1, 0.15) is 71.4 Å². The number of carbonyl (C=O) groups is 2. The molecule has 0 bridgehead atoms. The molecule has 3 nitrogen and oxygen atoms in total. The third-order valence-corrected chi connectivity index (χ3v) is 12.2. The molecule has 0 spiro atoms. The van der Waals surface area contributed by atoms with Crippen LogP contribution < -0.4 is 4.90 Å². The molecular weight excluding hydrogens is 716 g/mol. The third kappa shape index (κ3) is 3.88. The highest BCUT2D eigenvalue weighted by atomic mass is 35.5. The lowest BCUT2D eigenvalue weighted by Gasteiger charge is -2.33. The Bertz CT molecular complexity index is 2880. The van der Waals surface area contributed by atoms with Crippen molar-refractivity contribution in [2.75, 3.05) is 4.90 Å². The summed E-state index contributed by atoms with van der Waals surface area (Å²) in [5.41, 5.74) is 3.12. The quantitative estimate of drug-likeness (QED) is 0.103. The zero-order valence-electron chi connectivity index (χ0n) is 27.9. The number of hydrogen-bond acceptors (Lipinski definition) is 2. The molecule has 0 saturated carbocycles. The van der Waals surface area contributed by atoms with Crippen LogP contribution in [-0.2, 0) is 0 Å². The lowest BCUT2D eigenvalue weighted by atomic mass is 9.81. The summed E-state index contributed by atoms with van der Waals surface area (Å²) >= 11 is 29.4. The van der Waals surface area contributed by atoms with Gasteiger partial charge in [-0.2, -0.15) is 0 Å². The summed E-state index contributed by atoms with van der Waals surface area (Å²) in [4.78, 5) is 30.9. The molecule has 0 atom stereocenters. The monoisotopic (exact) mass is 741 g/mol. The number of hydrogen-bond donors (Lipinski definition) is 0. The number of halogens is 4. The molecule has 248 valence electrons. The topological polar surface area (TPSA) is 37.4 Å². The second kappa shape index (κ2) is 10.6. The summed E-state index contributed by atoms with van der Waals surface area (Å²) in [6, 6.07) is 26.0. The normalized spacial score (nSPS) is 13.9. The van der Waals surface area contributed by atoms with Gasteiger partial charge >= 0.3 is 0 Å². The standard InChI is InChI=1S/C44H27Cl4NO2/c1-18(2)21-10-7-11-22(19(3)4)42(21)49-43(50)27-16-31(47)38-36-29(45)14-25-23-12-5-8-20-9-6-13-24(33(20)23)26-15-30(46)37(40(36)34(25)26)39-32(48)17-28(44(49)51)35(27)41(38)39/h5-19H,1-4H3. The van der Waals surface area contributed by atoms with Crippen molar-refractivity contribution in [1.29, 1.82) is 0 Å². The Kier molecular flexibility index (Phi) is 6.51. The second-order valence-electron chi connectivity index (χ2n) is 14.4. The molecule has 0 aliphatic carbocycles. The fourth-order valence-electron chi connectivity index (χ4n) is 8.98. The average molecular weight is 744 g/mol. The molecule has 51 heavy (non-hydrogen) atoms. The number of nitrogens with zero attached hydrogens (tertiary/aromatic N) is 1. The van der Waals surface area contributed by atoms with Crippen molar-refractivity contribution in [3.8, 4) is 0 Å². The Hall–Kier alpha value is -4.38. The molecule has 1 heterocycles. The molecule has 2 amide bonds. The first-order valence-corrected chi connectivity index (χ1v) is 18.5. The van der Waals surface area contributed by atoms with Crippen LogP contribution in [0, 0.1) is 0 Å². The average Bonchev–Trinajstić information content (AvgIpc) is 3.10. The Balaban J connectivity index is 1.40. The number of amides is 2. The predicted molar refractivity (Wildman–Crippen MR) is 217 cm³/mol. The van der Waals surface area contributed by atoms with Crippen LogP contribution in [0.5, 0.6) is 0 Å². The molecule has 0 radical (unpaired) electrons. The van der Waals surface area contributed by atoms with Gasteiger partial charge in [-0.15, -0.1) is 0 Å². The van der Waals surface area contributed by atoms with E-state index in [1.165, 1.54) is 4.90 Å². The first-order valence-electron chi connectivity index (χ1n) is 17.0. The van der Waals surface area contributed by atoms with Gasteiger partial charge in [0.25, 0.3) is 11.8 Å². The summed E-state index contributed by atoms with van der Waals surface area (Å²) in [7, 11) is 0. The molecule has 0 aromatic heterocycles. The van der Waals surface area contributed by atoms with Gasteiger partial charge in [0.15, 0.2) is 0 Å².